The zero-order chi connectivity index (χ0) is 20.6. The van der Waals surface area contributed by atoms with Crippen LogP contribution in [0.1, 0.15) is 16.7 Å². The number of sulfonamides is 1. The van der Waals surface area contributed by atoms with Gasteiger partial charge < -0.3 is 10.7 Å². The topological polar surface area (TPSA) is 96.3 Å². The van der Waals surface area contributed by atoms with Gasteiger partial charge in [0.25, 0.3) is 10.0 Å². The molecule has 3 N–H and O–H groups in total. The number of nitrogens with zero attached hydrogens (tertiary/aromatic N) is 1. The van der Waals surface area contributed by atoms with E-state index in [-0.39, 0.29) is 6.42 Å². The van der Waals surface area contributed by atoms with Crippen molar-refractivity contribution in [1.29, 1.82) is 0 Å². The fourth-order valence-electron chi connectivity index (χ4n) is 3.54. The lowest BCUT2D eigenvalue weighted by molar-refractivity contribution is -0.117. The van der Waals surface area contributed by atoms with Gasteiger partial charge in [-0.2, -0.15) is 0 Å². The van der Waals surface area contributed by atoms with Crippen LogP contribution in [0.25, 0.3) is 22.0 Å². The first-order chi connectivity index (χ1) is 13.2. The van der Waals surface area contributed by atoms with Gasteiger partial charge in [0, 0.05) is 24.0 Å². The van der Waals surface area contributed by atoms with Gasteiger partial charge in [-0.1, -0.05) is 30.8 Å². The summed E-state index contributed by atoms with van der Waals surface area (Å²) in [5.74, 6) is -0.393. The molecule has 1 heterocycles. The lowest BCUT2D eigenvalue weighted by Gasteiger charge is -2.21. The smallest absolute Gasteiger partial charge is 0.256 e. The van der Waals surface area contributed by atoms with Crippen LogP contribution < -0.4 is 10.0 Å². The molecule has 7 heteroatoms. The molecule has 3 rings (SSSR count). The Labute approximate surface area is 164 Å². The second-order valence-electron chi connectivity index (χ2n) is 6.77. The molecule has 0 atom stereocenters. The maximum absolute atomic E-state index is 12.2. The van der Waals surface area contributed by atoms with Crippen LogP contribution in [-0.2, 0) is 21.2 Å². The van der Waals surface area contributed by atoms with Crippen LogP contribution in [0.3, 0.4) is 0 Å². The number of amides is 1. The summed E-state index contributed by atoms with van der Waals surface area (Å²) in [6.45, 7) is 7.28. The zero-order valence-electron chi connectivity index (χ0n) is 16.1. The number of anilines is 1. The van der Waals surface area contributed by atoms with E-state index < -0.39 is 15.9 Å². The van der Waals surface area contributed by atoms with Crippen LogP contribution in [0.2, 0.25) is 0 Å². The Morgan fingerprint density at radius 2 is 1.93 bits per heavy atom. The number of aryl methyl sites for hydroxylation is 1. The molecule has 1 amide bonds. The number of primary amides is 1. The maximum atomic E-state index is 12.2. The summed E-state index contributed by atoms with van der Waals surface area (Å²) in [4.78, 5) is 14.6. The molecular formula is C21H23N3O3S. The Hall–Kier alpha value is -3.06. The molecule has 0 aliphatic rings. The average Bonchev–Trinajstić information content (AvgIpc) is 3.04. The number of aromatic amines is 1. The first kappa shape index (κ1) is 19.7. The standard InChI is InChI=1S/C21H23N3O3S/c1-5-28(26,27)24(4)18-8-6-7-16(14(18)3)17-10-9-15(11-19(22)25)21-20(17)13(2)12-23-21/h5-10,12,23H,1,11H2,2-4H3,(H2,22,25). The third-order valence-electron chi connectivity index (χ3n) is 5.01. The van der Waals surface area contributed by atoms with Crippen molar-refractivity contribution in [1.82, 2.24) is 4.98 Å². The predicted octanol–water partition coefficient (Wildman–Crippen LogP) is 3.39. The lowest BCUT2D eigenvalue weighted by atomic mass is 9.93. The van der Waals surface area contributed by atoms with Gasteiger partial charge in [0.15, 0.2) is 0 Å². The fraction of sp³-hybridized carbons (Fsp3) is 0.190. The number of rotatable bonds is 6. The van der Waals surface area contributed by atoms with Crippen LogP contribution in [0, 0.1) is 13.8 Å². The molecule has 0 saturated heterocycles. The number of hydrogen-bond donors (Lipinski definition) is 2. The van der Waals surface area contributed by atoms with Crippen molar-refractivity contribution in [2.45, 2.75) is 20.3 Å². The highest BCUT2D eigenvalue weighted by molar-refractivity contribution is 7.95. The Bertz CT molecular complexity index is 1190. The maximum Gasteiger partial charge on any atom is 0.256 e. The molecule has 146 valence electrons. The third-order valence-corrected chi connectivity index (χ3v) is 6.39. The highest BCUT2D eigenvalue weighted by Gasteiger charge is 2.20. The molecule has 0 aliphatic carbocycles. The molecule has 3 aromatic rings. The van der Waals surface area contributed by atoms with Crippen LogP contribution in [0.5, 0.6) is 0 Å². The summed E-state index contributed by atoms with van der Waals surface area (Å²) in [6, 6.07) is 9.40. The molecule has 0 fully saturated rings. The number of hydrogen-bond acceptors (Lipinski definition) is 3. The molecule has 2 aromatic carbocycles. The summed E-state index contributed by atoms with van der Waals surface area (Å²) < 4.78 is 25.7. The van der Waals surface area contributed by atoms with Crippen molar-refractivity contribution in [3.63, 3.8) is 0 Å². The molecule has 0 unspecified atom stereocenters. The quantitative estimate of drug-likeness (QED) is 0.667. The van der Waals surface area contributed by atoms with Crippen molar-refractivity contribution >= 4 is 32.5 Å². The number of aromatic nitrogens is 1. The SMILES string of the molecule is C=CS(=O)(=O)N(C)c1cccc(-c2ccc(CC(N)=O)c3[nH]cc(C)c23)c1C. The number of carbonyl (C=O) groups is 1. The number of nitrogens with one attached hydrogen (secondary N) is 1. The van der Waals surface area contributed by atoms with Crippen LogP contribution in [0.15, 0.2) is 48.5 Å². The van der Waals surface area contributed by atoms with E-state index >= 15 is 0 Å². The molecule has 1 aromatic heterocycles. The Balaban J connectivity index is 2.24. The molecule has 0 radical (unpaired) electrons. The van der Waals surface area contributed by atoms with E-state index in [4.69, 9.17) is 5.73 Å². The van der Waals surface area contributed by atoms with Crippen molar-refractivity contribution in [3.8, 4) is 11.1 Å². The van der Waals surface area contributed by atoms with Gasteiger partial charge >= 0.3 is 0 Å². The Morgan fingerprint density at radius 3 is 2.57 bits per heavy atom. The minimum absolute atomic E-state index is 0.149. The summed E-state index contributed by atoms with van der Waals surface area (Å²) in [5, 5.41) is 1.93. The number of H-pyrrole nitrogens is 1. The minimum Gasteiger partial charge on any atom is -0.369 e. The average molecular weight is 398 g/mol. The molecule has 0 bridgehead atoms. The van der Waals surface area contributed by atoms with E-state index in [1.165, 1.54) is 11.4 Å². The van der Waals surface area contributed by atoms with E-state index in [9.17, 15) is 13.2 Å². The summed E-state index contributed by atoms with van der Waals surface area (Å²) in [5.41, 5.74) is 11.4. The number of benzene rings is 2. The normalized spacial score (nSPS) is 11.5. The fourth-order valence-corrected chi connectivity index (χ4v) is 4.23. The van der Waals surface area contributed by atoms with Crippen molar-refractivity contribution < 1.29 is 13.2 Å². The van der Waals surface area contributed by atoms with Crippen LogP contribution >= 0.6 is 0 Å². The monoisotopic (exact) mass is 397 g/mol. The van der Waals surface area contributed by atoms with Crippen LogP contribution in [-0.4, -0.2) is 26.4 Å². The van der Waals surface area contributed by atoms with Gasteiger partial charge in [0.2, 0.25) is 5.91 Å². The van der Waals surface area contributed by atoms with Gasteiger partial charge in [-0.3, -0.25) is 9.10 Å². The van der Waals surface area contributed by atoms with E-state index in [0.717, 1.165) is 44.1 Å². The first-order valence-corrected chi connectivity index (χ1v) is 10.3. The largest absolute Gasteiger partial charge is 0.369 e. The van der Waals surface area contributed by atoms with E-state index in [0.29, 0.717) is 5.69 Å². The summed E-state index contributed by atoms with van der Waals surface area (Å²) in [7, 11) is -2.08. The van der Waals surface area contributed by atoms with Gasteiger partial charge in [0.1, 0.15) is 0 Å². The summed E-state index contributed by atoms with van der Waals surface area (Å²) in [6.07, 6.45) is 2.04. The second kappa shape index (κ2) is 7.16. The molecule has 0 spiro atoms. The first-order valence-electron chi connectivity index (χ1n) is 8.76. The zero-order valence-corrected chi connectivity index (χ0v) is 16.9. The van der Waals surface area contributed by atoms with E-state index in [2.05, 4.69) is 11.6 Å². The van der Waals surface area contributed by atoms with Crippen molar-refractivity contribution in [2.24, 2.45) is 5.73 Å². The number of nitrogens with two attached hydrogens (primary N) is 1. The third kappa shape index (κ3) is 3.29. The van der Waals surface area contributed by atoms with Gasteiger partial charge in [0.05, 0.1) is 17.6 Å². The molecule has 0 saturated carbocycles. The lowest BCUT2D eigenvalue weighted by Crippen LogP contribution is -2.24. The van der Waals surface area contributed by atoms with Gasteiger partial charge in [-0.15, -0.1) is 0 Å². The van der Waals surface area contributed by atoms with Crippen molar-refractivity contribution in [2.75, 3.05) is 11.4 Å². The number of carbonyl (C=O) groups excluding carboxylic acids is 1. The Morgan fingerprint density at radius 1 is 1.21 bits per heavy atom. The molecule has 28 heavy (non-hydrogen) atoms. The van der Waals surface area contributed by atoms with Gasteiger partial charge in [-0.25, -0.2) is 8.42 Å². The highest BCUT2D eigenvalue weighted by Crippen LogP contribution is 2.37. The van der Waals surface area contributed by atoms with Crippen molar-refractivity contribution in [3.05, 3.63) is 65.2 Å². The second-order valence-corrected chi connectivity index (χ2v) is 8.68. The minimum atomic E-state index is -3.59. The van der Waals surface area contributed by atoms with Gasteiger partial charge in [-0.05, 0) is 47.7 Å². The predicted molar refractivity (Wildman–Crippen MR) is 114 cm³/mol. The molecule has 6 nitrogen and oxygen atoms in total. The van der Waals surface area contributed by atoms with E-state index in [1.807, 2.05) is 44.3 Å². The highest BCUT2D eigenvalue weighted by atomic mass is 32.2. The van der Waals surface area contributed by atoms with E-state index in [1.54, 1.807) is 6.07 Å². The van der Waals surface area contributed by atoms with Crippen LogP contribution in [0.4, 0.5) is 5.69 Å². The summed E-state index contributed by atoms with van der Waals surface area (Å²) >= 11 is 0. The molecular weight excluding hydrogens is 374 g/mol. The molecule has 0 aliphatic heterocycles. The Kier molecular flexibility index (Phi) is 5.04. The number of fused-ring (bicyclic) bond motifs is 1.